The summed E-state index contributed by atoms with van der Waals surface area (Å²) in [5.41, 5.74) is 8.23. The summed E-state index contributed by atoms with van der Waals surface area (Å²) in [6.07, 6.45) is 1.93. The van der Waals surface area contributed by atoms with Crippen molar-refractivity contribution >= 4 is 17.3 Å². The maximum atomic E-state index is 11.8. The number of hydrogen-bond donors (Lipinski definition) is 2. The Hall–Kier alpha value is -1.51. The number of nitrogens with two attached hydrogens (primary N) is 1. The molecule has 0 aliphatic heterocycles. The van der Waals surface area contributed by atoms with Crippen molar-refractivity contribution in [3.63, 3.8) is 0 Å². The van der Waals surface area contributed by atoms with Crippen LogP contribution in [0, 0.1) is 12.8 Å². The van der Waals surface area contributed by atoms with Crippen LogP contribution in [0.3, 0.4) is 0 Å². The van der Waals surface area contributed by atoms with E-state index in [0.717, 1.165) is 24.1 Å². The largest absolute Gasteiger partial charge is 0.398 e. The molecule has 0 saturated heterocycles. The van der Waals surface area contributed by atoms with Crippen LogP contribution in [0.4, 0.5) is 11.4 Å². The molecule has 1 aromatic carbocycles. The quantitative estimate of drug-likeness (QED) is 0.766. The molecule has 0 heterocycles. The molecule has 0 spiro atoms. The molecule has 88 valence electrons. The lowest BCUT2D eigenvalue weighted by Gasteiger charge is -2.13. The Morgan fingerprint density at radius 1 is 1.50 bits per heavy atom. The minimum absolute atomic E-state index is 0.0471. The van der Waals surface area contributed by atoms with Gasteiger partial charge in [-0.05, 0) is 31.0 Å². The molecule has 1 rings (SSSR count). The van der Waals surface area contributed by atoms with Crippen molar-refractivity contribution in [2.24, 2.45) is 5.92 Å². The van der Waals surface area contributed by atoms with Gasteiger partial charge in [-0.3, -0.25) is 4.79 Å². The zero-order valence-corrected chi connectivity index (χ0v) is 10.2. The average molecular weight is 220 g/mol. The molecule has 16 heavy (non-hydrogen) atoms. The summed E-state index contributed by atoms with van der Waals surface area (Å²) < 4.78 is 0. The summed E-state index contributed by atoms with van der Waals surface area (Å²) in [6.45, 7) is 5.94. The van der Waals surface area contributed by atoms with Gasteiger partial charge in [0.1, 0.15) is 0 Å². The summed E-state index contributed by atoms with van der Waals surface area (Å²) in [5, 5.41) is 2.92. The Balaban J connectivity index is 2.73. The lowest BCUT2D eigenvalue weighted by molar-refractivity contribution is -0.119. The van der Waals surface area contributed by atoms with Crippen molar-refractivity contribution in [2.75, 3.05) is 11.1 Å². The van der Waals surface area contributed by atoms with Crippen LogP contribution >= 0.6 is 0 Å². The SMILES string of the molecule is CCC[C@@H](C)C(=O)Nc1cccc(N)c1C. The second-order valence-corrected chi connectivity index (χ2v) is 4.20. The van der Waals surface area contributed by atoms with Gasteiger partial charge in [-0.1, -0.05) is 26.3 Å². The number of amides is 1. The highest BCUT2D eigenvalue weighted by molar-refractivity contribution is 5.93. The maximum absolute atomic E-state index is 11.8. The maximum Gasteiger partial charge on any atom is 0.227 e. The highest BCUT2D eigenvalue weighted by atomic mass is 16.1. The highest BCUT2D eigenvalue weighted by Crippen LogP contribution is 2.21. The van der Waals surface area contributed by atoms with Crippen LogP contribution in [-0.2, 0) is 4.79 Å². The van der Waals surface area contributed by atoms with Gasteiger partial charge in [-0.25, -0.2) is 0 Å². The molecule has 1 atom stereocenters. The monoisotopic (exact) mass is 220 g/mol. The van der Waals surface area contributed by atoms with Crippen molar-refractivity contribution in [1.29, 1.82) is 0 Å². The van der Waals surface area contributed by atoms with Gasteiger partial charge in [0, 0.05) is 17.3 Å². The first-order chi connectivity index (χ1) is 7.56. The number of rotatable bonds is 4. The van der Waals surface area contributed by atoms with E-state index in [1.54, 1.807) is 0 Å². The van der Waals surface area contributed by atoms with Crippen molar-refractivity contribution < 1.29 is 4.79 Å². The summed E-state index contributed by atoms with van der Waals surface area (Å²) >= 11 is 0. The van der Waals surface area contributed by atoms with E-state index in [-0.39, 0.29) is 11.8 Å². The lowest BCUT2D eigenvalue weighted by Crippen LogP contribution is -2.20. The molecule has 3 nitrogen and oxygen atoms in total. The van der Waals surface area contributed by atoms with Gasteiger partial charge in [-0.2, -0.15) is 0 Å². The number of carbonyl (C=O) groups is 1. The van der Waals surface area contributed by atoms with Crippen LogP contribution in [0.15, 0.2) is 18.2 Å². The third-order valence-electron chi connectivity index (χ3n) is 2.80. The molecule has 0 aromatic heterocycles. The van der Waals surface area contributed by atoms with Crippen LogP contribution < -0.4 is 11.1 Å². The molecule has 3 heteroatoms. The molecule has 1 aromatic rings. The molecule has 0 unspecified atom stereocenters. The fourth-order valence-electron chi connectivity index (χ4n) is 1.61. The Labute approximate surface area is 97.0 Å². The third-order valence-corrected chi connectivity index (χ3v) is 2.80. The van der Waals surface area contributed by atoms with E-state index in [9.17, 15) is 4.79 Å². The number of hydrogen-bond acceptors (Lipinski definition) is 2. The van der Waals surface area contributed by atoms with E-state index in [1.807, 2.05) is 32.0 Å². The summed E-state index contributed by atoms with van der Waals surface area (Å²) in [7, 11) is 0. The summed E-state index contributed by atoms with van der Waals surface area (Å²) in [5.74, 6) is 0.112. The first kappa shape index (κ1) is 12.6. The zero-order valence-electron chi connectivity index (χ0n) is 10.2. The third kappa shape index (κ3) is 2.99. The second kappa shape index (κ2) is 5.54. The Morgan fingerprint density at radius 2 is 2.19 bits per heavy atom. The van der Waals surface area contributed by atoms with E-state index < -0.39 is 0 Å². The minimum atomic E-state index is 0.0471. The van der Waals surface area contributed by atoms with Crippen molar-refractivity contribution in [3.8, 4) is 0 Å². The van der Waals surface area contributed by atoms with E-state index in [0.29, 0.717) is 5.69 Å². The molecule has 0 fully saturated rings. The average Bonchev–Trinajstić information content (AvgIpc) is 2.25. The number of anilines is 2. The van der Waals surface area contributed by atoms with Crippen LogP contribution in [0.2, 0.25) is 0 Å². The molecule has 0 bridgehead atoms. The van der Waals surface area contributed by atoms with Crippen molar-refractivity contribution in [3.05, 3.63) is 23.8 Å². The highest BCUT2D eigenvalue weighted by Gasteiger charge is 2.13. The van der Waals surface area contributed by atoms with Crippen molar-refractivity contribution in [1.82, 2.24) is 0 Å². The predicted molar refractivity (Wildman–Crippen MR) is 68.3 cm³/mol. The van der Waals surface area contributed by atoms with Crippen LogP contribution in [0.5, 0.6) is 0 Å². The normalized spacial score (nSPS) is 12.2. The van der Waals surface area contributed by atoms with Crippen LogP contribution in [-0.4, -0.2) is 5.91 Å². The molecule has 0 saturated carbocycles. The lowest BCUT2D eigenvalue weighted by atomic mass is 10.0. The smallest absolute Gasteiger partial charge is 0.227 e. The standard InChI is InChI=1S/C13H20N2O/c1-4-6-9(2)13(16)15-12-8-5-7-11(14)10(12)3/h5,7-9H,4,6,14H2,1-3H3,(H,15,16)/t9-/m1/s1. The van der Waals surface area contributed by atoms with E-state index in [4.69, 9.17) is 5.73 Å². The molecule has 1 amide bonds. The van der Waals surface area contributed by atoms with Gasteiger partial charge >= 0.3 is 0 Å². The molecular weight excluding hydrogens is 200 g/mol. The van der Waals surface area contributed by atoms with Gasteiger partial charge in [0.25, 0.3) is 0 Å². The van der Waals surface area contributed by atoms with Gasteiger partial charge in [0.15, 0.2) is 0 Å². The number of nitrogens with one attached hydrogen (secondary N) is 1. The topological polar surface area (TPSA) is 55.1 Å². The Bertz CT molecular complexity index is 374. The van der Waals surface area contributed by atoms with Gasteiger partial charge in [-0.15, -0.1) is 0 Å². The van der Waals surface area contributed by atoms with E-state index in [2.05, 4.69) is 12.2 Å². The van der Waals surface area contributed by atoms with Gasteiger partial charge < -0.3 is 11.1 Å². The fraction of sp³-hybridized carbons (Fsp3) is 0.462. The first-order valence-corrected chi connectivity index (χ1v) is 5.72. The zero-order chi connectivity index (χ0) is 12.1. The minimum Gasteiger partial charge on any atom is -0.398 e. The summed E-state index contributed by atoms with van der Waals surface area (Å²) in [6, 6.07) is 5.56. The van der Waals surface area contributed by atoms with Crippen LogP contribution in [0.25, 0.3) is 0 Å². The predicted octanol–water partition coefficient (Wildman–Crippen LogP) is 2.95. The first-order valence-electron chi connectivity index (χ1n) is 5.72. The molecular formula is C13H20N2O. The van der Waals surface area contributed by atoms with E-state index in [1.165, 1.54) is 0 Å². The fourth-order valence-corrected chi connectivity index (χ4v) is 1.61. The Morgan fingerprint density at radius 3 is 2.81 bits per heavy atom. The molecule has 0 aliphatic rings. The number of benzene rings is 1. The second-order valence-electron chi connectivity index (χ2n) is 4.20. The van der Waals surface area contributed by atoms with E-state index >= 15 is 0 Å². The number of carbonyl (C=O) groups excluding carboxylic acids is 1. The Kier molecular flexibility index (Phi) is 4.35. The van der Waals surface area contributed by atoms with Gasteiger partial charge in [0.2, 0.25) is 5.91 Å². The van der Waals surface area contributed by atoms with Crippen LogP contribution in [0.1, 0.15) is 32.3 Å². The molecule has 0 radical (unpaired) electrons. The van der Waals surface area contributed by atoms with Crippen molar-refractivity contribution in [2.45, 2.75) is 33.6 Å². The number of nitrogen functional groups attached to an aromatic ring is 1. The molecule has 3 N–H and O–H groups in total. The van der Waals surface area contributed by atoms with Gasteiger partial charge in [0.05, 0.1) is 0 Å². The molecule has 0 aliphatic carbocycles. The summed E-state index contributed by atoms with van der Waals surface area (Å²) in [4.78, 5) is 11.8.